The third-order valence-electron chi connectivity index (χ3n) is 3.24. The smallest absolute Gasteiger partial charge is 0.140 e. The minimum absolute atomic E-state index is 0.238. The summed E-state index contributed by atoms with van der Waals surface area (Å²) in [6, 6.07) is 0. The summed E-state index contributed by atoms with van der Waals surface area (Å²) in [5.74, 6) is 0.668. The van der Waals surface area contributed by atoms with Crippen molar-refractivity contribution in [2.75, 3.05) is 0 Å². The summed E-state index contributed by atoms with van der Waals surface area (Å²) in [6.07, 6.45) is 5.06. The van der Waals surface area contributed by atoms with Gasteiger partial charge in [0.2, 0.25) is 0 Å². The molecule has 13 heavy (non-hydrogen) atoms. The molecule has 2 atom stereocenters. The summed E-state index contributed by atoms with van der Waals surface area (Å²) in [5.41, 5.74) is 2.90. The molecule has 2 unspecified atom stereocenters. The number of allylic oxidation sites excluding steroid dienone is 3. The highest BCUT2D eigenvalue weighted by atomic mass is 16.1. The Morgan fingerprint density at radius 2 is 2.38 bits per heavy atom. The number of Topliss-reactive ketones (excluding diaryl/α,β-unsaturated/α-hetero) is 1. The van der Waals surface area contributed by atoms with E-state index in [1.165, 1.54) is 11.1 Å². The van der Waals surface area contributed by atoms with Crippen LogP contribution >= 0.6 is 0 Å². The van der Waals surface area contributed by atoms with Crippen LogP contribution in [0.25, 0.3) is 0 Å². The number of fused-ring (bicyclic) bond motifs is 1. The fourth-order valence-corrected chi connectivity index (χ4v) is 2.66. The SMILES string of the molecule is C=C(C)CC1=CC2C(=O)CC2(C)C1. The van der Waals surface area contributed by atoms with Crippen molar-refractivity contribution in [3.8, 4) is 0 Å². The van der Waals surface area contributed by atoms with Gasteiger partial charge in [-0.05, 0) is 25.2 Å². The van der Waals surface area contributed by atoms with Crippen LogP contribution in [0.4, 0.5) is 0 Å². The zero-order chi connectivity index (χ0) is 9.64. The average Bonchev–Trinajstić information content (AvgIpc) is 2.21. The second-order valence-corrected chi connectivity index (χ2v) is 4.91. The van der Waals surface area contributed by atoms with Gasteiger partial charge in [0.05, 0.1) is 0 Å². The van der Waals surface area contributed by atoms with Crippen LogP contribution < -0.4 is 0 Å². The van der Waals surface area contributed by atoms with E-state index in [1.807, 2.05) is 6.92 Å². The second kappa shape index (κ2) is 2.57. The van der Waals surface area contributed by atoms with Gasteiger partial charge in [0, 0.05) is 12.3 Å². The van der Waals surface area contributed by atoms with Crippen LogP contribution in [0.15, 0.2) is 23.8 Å². The van der Waals surface area contributed by atoms with Crippen LogP contribution in [-0.2, 0) is 4.79 Å². The molecule has 0 radical (unpaired) electrons. The molecule has 0 aliphatic heterocycles. The van der Waals surface area contributed by atoms with Gasteiger partial charge >= 0.3 is 0 Å². The molecule has 2 aliphatic rings. The molecule has 0 amide bonds. The number of ketones is 1. The van der Waals surface area contributed by atoms with Crippen molar-refractivity contribution in [3.05, 3.63) is 23.8 Å². The van der Waals surface area contributed by atoms with E-state index >= 15 is 0 Å². The molecule has 0 aromatic rings. The summed E-state index contributed by atoms with van der Waals surface area (Å²) in [4.78, 5) is 11.3. The van der Waals surface area contributed by atoms with Crippen LogP contribution in [0.1, 0.15) is 33.1 Å². The lowest BCUT2D eigenvalue weighted by molar-refractivity contribution is -0.136. The molecule has 1 fully saturated rings. The van der Waals surface area contributed by atoms with Crippen LogP contribution in [0, 0.1) is 11.3 Å². The largest absolute Gasteiger partial charge is 0.299 e. The van der Waals surface area contributed by atoms with E-state index in [9.17, 15) is 4.79 Å². The molecule has 0 N–H and O–H groups in total. The van der Waals surface area contributed by atoms with E-state index in [-0.39, 0.29) is 11.3 Å². The monoisotopic (exact) mass is 176 g/mol. The number of carbonyl (C=O) groups is 1. The molecule has 0 aromatic carbocycles. The number of rotatable bonds is 2. The first-order valence-corrected chi connectivity index (χ1v) is 4.88. The topological polar surface area (TPSA) is 17.1 Å². The molecule has 0 spiro atoms. The first-order valence-electron chi connectivity index (χ1n) is 4.88. The third kappa shape index (κ3) is 1.27. The quantitative estimate of drug-likeness (QED) is 0.591. The molecule has 70 valence electrons. The first kappa shape index (κ1) is 8.74. The van der Waals surface area contributed by atoms with Crippen LogP contribution in [0.2, 0.25) is 0 Å². The average molecular weight is 176 g/mol. The molecular weight excluding hydrogens is 160 g/mol. The summed E-state index contributed by atoms with van der Waals surface area (Å²) >= 11 is 0. The Morgan fingerprint density at radius 3 is 2.85 bits per heavy atom. The zero-order valence-electron chi connectivity index (χ0n) is 8.39. The van der Waals surface area contributed by atoms with Crippen molar-refractivity contribution in [1.82, 2.24) is 0 Å². The normalized spacial score (nSPS) is 36.6. The summed E-state index contributed by atoms with van der Waals surface area (Å²) in [6.45, 7) is 8.18. The Morgan fingerprint density at radius 1 is 1.69 bits per heavy atom. The molecule has 1 heteroatoms. The summed E-state index contributed by atoms with van der Waals surface area (Å²) in [7, 11) is 0. The van der Waals surface area contributed by atoms with Crippen molar-refractivity contribution >= 4 is 5.78 Å². The van der Waals surface area contributed by atoms with Gasteiger partial charge in [-0.1, -0.05) is 30.7 Å². The number of hydrogen-bond acceptors (Lipinski definition) is 1. The van der Waals surface area contributed by atoms with Gasteiger partial charge in [0.15, 0.2) is 0 Å². The highest BCUT2D eigenvalue weighted by Crippen LogP contribution is 2.54. The zero-order valence-corrected chi connectivity index (χ0v) is 8.39. The predicted molar refractivity (Wildman–Crippen MR) is 53.4 cm³/mol. The third-order valence-corrected chi connectivity index (χ3v) is 3.24. The molecule has 1 nitrogen and oxygen atoms in total. The number of carbonyl (C=O) groups excluding carboxylic acids is 1. The van der Waals surface area contributed by atoms with Crippen molar-refractivity contribution in [2.45, 2.75) is 33.1 Å². The first-order chi connectivity index (χ1) is 6.01. The molecule has 0 aromatic heterocycles. The van der Waals surface area contributed by atoms with E-state index < -0.39 is 0 Å². The van der Waals surface area contributed by atoms with Crippen molar-refractivity contribution in [2.24, 2.45) is 11.3 Å². The van der Waals surface area contributed by atoms with E-state index in [0.29, 0.717) is 5.78 Å². The van der Waals surface area contributed by atoms with Crippen LogP contribution in [0.3, 0.4) is 0 Å². The van der Waals surface area contributed by atoms with Crippen molar-refractivity contribution in [1.29, 1.82) is 0 Å². The van der Waals surface area contributed by atoms with E-state index in [2.05, 4.69) is 19.6 Å². The number of hydrogen-bond donors (Lipinski definition) is 0. The standard InChI is InChI=1S/C12H16O/c1-8(2)4-9-5-10-11(13)7-12(10,3)6-9/h5,10H,1,4,6-7H2,2-3H3. The fraction of sp³-hybridized carbons (Fsp3) is 0.583. The maximum absolute atomic E-state index is 11.3. The summed E-state index contributed by atoms with van der Waals surface area (Å²) < 4.78 is 0. The van der Waals surface area contributed by atoms with Gasteiger partial charge in [-0.25, -0.2) is 0 Å². The van der Waals surface area contributed by atoms with E-state index in [4.69, 9.17) is 0 Å². The van der Waals surface area contributed by atoms with Gasteiger partial charge in [-0.2, -0.15) is 0 Å². The lowest BCUT2D eigenvalue weighted by Gasteiger charge is -2.40. The lowest BCUT2D eigenvalue weighted by atomic mass is 9.62. The predicted octanol–water partition coefficient (Wildman–Crippen LogP) is 2.88. The highest BCUT2D eigenvalue weighted by molar-refractivity contribution is 5.91. The fourth-order valence-electron chi connectivity index (χ4n) is 2.66. The Labute approximate surface area is 79.5 Å². The lowest BCUT2D eigenvalue weighted by Crippen LogP contribution is -2.42. The van der Waals surface area contributed by atoms with Crippen molar-refractivity contribution < 1.29 is 4.79 Å². The minimum atomic E-state index is 0.238. The molecular formula is C12H16O. The minimum Gasteiger partial charge on any atom is -0.299 e. The molecule has 0 saturated heterocycles. The van der Waals surface area contributed by atoms with Gasteiger partial charge in [0.1, 0.15) is 5.78 Å². The Hall–Kier alpha value is -0.850. The maximum atomic E-state index is 11.3. The summed E-state index contributed by atoms with van der Waals surface area (Å²) in [5, 5.41) is 0. The molecule has 2 rings (SSSR count). The van der Waals surface area contributed by atoms with E-state index in [1.54, 1.807) is 0 Å². The van der Waals surface area contributed by atoms with Crippen LogP contribution in [0.5, 0.6) is 0 Å². The van der Waals surface area contributed by atoms with E-state index in [0.717, 1.165) is 19.3 Å². The molecule has 0 bridgehead atoms. The molecule has 1 saturated carbocycles. The second-order valence-electron chi connectivity index (χ2n) is 4.91. The molecule has 0 heterocycles. The Bertz CT molecular complexity index is 311. The highest BCUT2D eigenvalue weighted by Gasteiger charge is 2.52. The Kier molecular flexibility index (Phi) is 1.73. The van der Waals surface area contributed by atoms with Gasteiger partial charge in [-0.3, -0.25) is 4.79 Å². The maximum Gasteiger partial charge on any atom is 0.140 e. The van der Waals surface area contributed by atoms with Gasteiger partial charge in [0.25, 0.3) is 0 Å². The Balaban J connectivity index is 2.11. The molecule has 2 aliphatic carbocycles. The van der Waals surface area contributed by atoms with Gasteiger partial charge < -0.3 is 0 Å². The van der Waals surface area contributed by atoms with Gasteiger partial charge in [-0.15, -0.1) is 0 Å². The van der Waals surface area contributed by atoms with Crippen LogP contribution in [-0.4, -0.2) is 5.78 Å². The van der Waals surface area contributed by atoms with Crippen molar-refractivity contribution in [3.63, 3.8) is 0 Å².